The summed E-state index contributed by atoms with van der Waals surface area (Å²) in [6.07, 6.45) is 3.34. The molecule has 0 N–H and O–H groups in total. The van der Waals surface area contributed by atoms with E-state index in [0.29, 0.717) is 6.42 Å². The van der Waals surface area contributed by atoms with Crippen molar-refractivity contribution in [2.75, 3.05) is 26.2 Å². The van der Waals surface area contributed by atoms with Crippen LogP contribution in [-0.2, 0) is 24.2 Å². The highest BCUT2D eigenvalue weighted by Gasteiger charge is 2.20. The normalized spacial score (nSPS) is 16.2. The Bertz CT molecular complexity index is 694. The standard InChI is InChI=1S/C19H27N3O2S/c1-3-16-5-6-17(24-16)13-21-9-4-10-22(12-11-21)19(23)8-7-18-15(2)20-14-25-18/h5-6,14H,3-4,7-13H2,1-2H3. The lowest BCUT2D eigenvalue weighted by Crippen LogP contribution is -2.35. The Morgan fingerprint density at radius 2 is 2.08 bits per heavy atom. The fraction of sp³-hybridized carbons (Fsp3) is 0.579. The van der Waals surface area contributed by atoms with Gasteiger partial charge in [0.05, 0.1) is 17.7 Å². The molecular formula is C19H27N3O2S. The molecule has 0 aromatic carbocycles. The molecule has 0 aliphatic carbocycles. The van der Waals surface area contributed by atoms with Crippen LogP contribution in [0.3, 0.4) is 0 Å². The number of furan rings is 1. The highest BCUT2D eigenvalue weighted by atomic mass is 32.1. The molecule has 6 heteroatoms. The molecule has 1 saturated heterocycles. The summed E-state index contributed by atoms with van der Waals surface area (Å²) in [7, 11) is 0. The third-order valence-electron chi connectivity index (χ3n) is 4.80. The smallest absolute Gasteiger partial charge is 0.222 e. The fourth-order valence-corrected chi connectivity index (χ4v) is 4.02. The molecule has 0 spiro atoms. The summed E-state index contributed by atoms with van der Waals surface area (Å²) in [5, 5.41) is 0. The number of hydrogen-bond acceptors (Lipinski definition) is 5. The molecular weight excluding hydrogens is 334 g/mol. The fourth-order valence-electron chi connectivity index (χ4n) is 3.24. The first kappa shape index (κ1) is 18.1. The highest BCUT2D eigenvalue weighted by molar-refractivity contribution is 7.09. The van der Waals surface area contributed by atoms with Crippen molar-refractivity contribution >= 4 is 17.2 Å². The summed E-state index contributed by atoms with van der Waals surface area (Å²) < 4.78 is 5.81. The maximum Gasteiger partial charge on any atom is 0.222 e. The lowest BCUT2D eigenvalue weighted by Gasteiger charge is -2.21. The summed E-state index contributed by atoms with van der Waals surface area (Å²) >= 11 is 1.65. The van der Waals surface area contributed by atoms with E-state index in [2.05, 4.69) is 28.9 Å². The van der Waals surface area contributed by atoms with Crippen LogP contribution in [0.1, 0.15) is 41.9 Å². The lowest BCUT2D eigenvalue weighted by atomic mass is 10.2. The number of aryl methyl sites for hydroxylation is 3. The van der Waals surface area contributed by atoms with Gasteiger partial charge in [-0.25, -0.2) is 4.98 Å². The monoisotopic (exact) mass is 361 g/mol. The van der Waals surface area contributed by atoms with Crippen LogP contribution in [0.15, 0.2) is 22.1 Å². The first-order valence-corrected chi connectivity index (χ1v) is 10.0. The zero-order valence-electron chi connectivity index (χ0n) is 15.2. The molecule has 2 aromatic rings. The van der Waals surface area contributed by atoms with Gasteiger partial charge in [-0.05, 0) is 31.9 Å². The molecule has 1 aliphatic rings. The van der Waals surface area contributed by atoms with E-state index < -0.39 is 0 Å². The summed E-state index contributed by atoms with van der Waals surface area (Å²) in [6.45, 7) is 8.54. The Morgan fingerprint density at radius 3 is 2.80 bits per heavy atom. The van der Waals surface area contributed by atoms with Crippen LogP contribution in [0.4, 0.5) is 0 Å². The average Bonchev–Trinajstić information content (AvgIpc) is 3.16. The SMILES string of the molecule is CCc1ccc(CN2CCCN(C(=O)CCc3scnc3C)CC2)o1. The number of carbonyl (C=O) groups excluding carboxylic acids is 1. The number of aromatic nitrogens is 1. The van der Waals surface area contributed by atoms with Crippen molar-refractivity contribution in [3.8, 4) is 0 Å². The van der Waals surface area contributed by atoms with E-state index in [1.165, 1.54) is 4.88 Å². The van der Waals surface area contributed by atoms with Crippen molar-refractivity contribution in [1.82, 2.24) is 14.8 Å². The van der Waals surface area contributed by atoms with Gasteiger partial charge in [-0.3, -0.25) is 9.69 Å². The molecule has 25 heavy (non-hydrogen) atoms. The third kappa shape index (κ3) is 4.92. The van der Waals surface area contributed by atoms with Gasteiger partial charge in [-0.15, -0.1) is 11.3 Å². The molecule has 0 radical (unpaired) electrons. The predicted octanol–water partition coefficient (Wildman–Crippen LogP) is 3.27. The van der Waals surface area contributed by atoms with E-state index in [1.807, 2.05) is 17.3 Å². The van der Waals surface area contributed by atoms with Gasteiger partial charge in [0.25, 0.3) is 0 Å². The van der Waals surface area contributed by atoms with Crippen LogP contribution < -0.4 is 0 Å². The largest absolute Gasteiger partial charge is 0.465 e. The van der Waals surface area contributed by atoms with Crippen molar-refractivity contribution in [2.24, 2.45) is 0 Å². The van der Waals surface area contributed by atoms with Gasteiger partial charge in [0, 0.05) is 43.9 Å². The minimum atomic E-state index is 0.265. The van der Waals surface area contributed by atoms with Crippen LogP contribution >= 0.6 is 11.3 Å². The number of carbonyl (C=O) groups is 1. The second-order valence-electron chi connectivity index (χ2n) is 6.59. The van der Waals surface area contributed by atoms with E-state index in [9.17, 15) is 4.79 Å². The predicted molar refractivity (Wildman–Crippen MR) is 99.7 cm³/mol. The average molecular weight is 362 g/mol. The van der Waals surface area contributed by atoms with Crippen LogP contribution in [0.5, 0.6) is 0 Å². The zero-order chi connectivity index (χ0) is 17.6. The van der Waals surface area contributed by atoms with Crippen LogP contribution in [-0.4, -0.2) is 46.9 Å². The first-order valence-electron chi connectivity index (χ1n) is 9.12. The number of thiazole rings is 1. The molecule has 0 atom stereocenters. The van der Waals surface area contributed by atoms with Gasteiger partial charge in [-0.2, -0.15) is 0 Å². The molecule has 3 heterocycles. The molecule has 1 fully saturated rings. The maximum atomic E-state index is 12.5. The van der Waals surface area contributed by atoms with Crippen molar-refractivity contribution in [3.05, 3.63) is 39.7 Å². The van der Waals surface area contributed by atoms with Crippen LogP contribution in [0.2, 0.25) is 0 Å². The summed E-state index contributed by atoms with van der Waals surface area (Å²) in [5.41, 5.74) is 2.92. The van der Waals surface area contributed by atoms with Gasteiger partial charge in [0.2, 0.25) is 5.91 Å². The summed E-state index contributed by atoms with van der Waals surface area (Å²) in [6, 6.07) is 4.13. The van der Waals surface area contributed by atoms with E-state index >= 15 is 0 Å². The van der Waals surface area contributed by atoms with Crippen molar-refractivity contribution < 1.29 is 9.21 Å². The van der Waals surface area contributed by atoms with Crippen molar-refractivity contribution in [2.45, 2.75) is 46.1 Å². The van der Waals surface area contributed by atoms with E-state index in [1.54, 1.807) is 11.3 Å². The van der Waals surface area contributed by atoms with Crippen LogP contribution in [0.25, 0.3) is 0 Å². The maximum absolute atomic E-state index is 12.5. The van der Waals surface area contributed by atoms with E-state index in [-0.39, 0.29) is 5.91 Å². The molecule has 1 amide bonds. The molecule has 0 saturated carbocycles. The Kier molecular flexibility index (Phi) is 6.26. The molecule has 1 aliphatic heterocycles. The summed E-state index contributed by atoms with van der Waals surface area (Å²) in [5.74, 6) is 2.33. The molecule has 136 valence electrons. The quantitative estimate of drug-likeness (QED) is 0.792. The van der Waals surface area contributed by atoms with Gasteiger partial charge >= 0.3 is 0 Å². The minimum absolute atomic E-state index is 0.265. The minimum Gasteiger partial charge on any atom is -0.465 e. The Labute approximate surface area is 153 Å². The molecule has 0 unspecified atom stereocenters. The van der Waals surface area contributed by atoms with Gasteiger partial charge in [0.15, 0.2) is 0 Å². The molecule has 3 rings (SSSR count). The second kappa shape index (κ2) is 8.63. The van der Waals surface area contributed by atoms with Crippen molar-refractivity contribution in [3.63, 3.8) is 0 Å². The first-order chi connectivity index (χ1) is 12.2. The number of hydrogen-bond donors (Lipinski definition) is 0. The summed E-state index contributed by atoms with van der Waals surface area (Å²) in [4.78, 5) is 22.4. The van der Waals surface area contributed by atoms with Gasteiger partial charge in [0.1, 0.15) is 11.5 Å². The Balaban J connectivity index is 1.47. The van der Waals surface area contributed by atoms with Crippen LogP contribution in [0, 0.1) is 6.92 Å². The number of rotatable bonds is 6. The topological polar surface area (TPSA) is 49.6 Å². The lowest BCUT2D eigenvalue weighted by molar-refractivity contribution is -0.131. The second-order valence-corrected chi connectivity index (χ2v) is 7.53. The third-order valence-corrected chi connectivity index (χ3v) is 5.79. The van der Waals surface area contributed by atoms with Gasteiger partial charge < -0.3 is 9.32 Å². The molecule has 0 bridgehead atoms. The molecule has 2 aromatic heterocycles. The van der Waals surface area contributed by atoms with Gasteiger partial charge in [-0.1, -0.05) is 6.92 Å². The highest BCUT2D eigenvalue weighted by Crippen LogP contribution is 2.16. The van der Waals surface area contributed by atoms with E-state index in [0.717, 1.165) is 69.2 Å². The molecule has 5 nitrogen and oxygen atoms in total. The number of amides is 1. The Morgan fingerprint density at radius 1 is 1.24 bits per heavy atom. The van der Waals surface area contributed by atoms with E-state index in [4.69, 9.17) is 4.42 Å². The van der Waals surface area contributed by atoms with Crippen molar-refractivity contribution in [1.29, 1.82) is 0 Å². The number of nitrogens with zero attached hydrogens (tertiary/aromatic N) is 3. The Hall–Kier alpha value is -1.66. The zero-order valence-corrected chi connectivity index (χ0v) is 16.0.